The molecule has 136 valence electrons. The number of amides is 2. The van der Waals surface area contributed by atoms with Gasteiger partial charge in [0.1, 0.15) is 5.82 Å². The molecule has 0 radical (unpaired) electrons. The van der Waals surface area contributed by atoms with Gasteiger partial charge in [-0.05, 0) is 43.0 Å². The number of rotatable bonds is 5. The van der Waals surface area contributed by atoms with Crippen molar-refractivity contribution in [3.05, 3.63) is 54.2 Å². The Balaban J connectivity index is 1.66. The second kappa shape index (κ2) is 8.44. The van der Waals surface area contributed by atoms with Crippen LogP contribution in [0.2, 0.25) is 0 Å². The Morgan fingerprint density at radius 3 is 2.50 bits per heavy atom. The molecule has 7 heteroatoms. The highest BCUT2D eigenvalue weighted by Crippen LogP contribution is 2.23. The van der Waals surface area contributed by atoms with Gasteiger partial charge in [-0.25, -0.2) is 14.7 Å². The number of para-hydroxylation sites is 1. The first kappa shape index (κ1) is 17.9. The predicted octanol–water partition coefficient (Wildman–Crippen LogP) is 3.05. The van der Waals surface area contributed by atoms with Crippen LogP contribution in [0.5, 0.6) is 0 Å². The minimum atomic E-state index is -1.14. The van der Waals surface area contributed by atoms with Gasteiger partial charge in [-0.15, -0.1) is 0 Å². The molecule has 26 heavy (non-hydrogen) atoms. The Morgan fingerprint density at radius 2 is 1.88 bits per heavy atom. The van der Waals surface area contributed by atoms with E-state index in [9.17, 15) is 14.7 Å². The van der Waals surface area contributed by atoms with Crippen LogP contribution in [-0.2, 0) is 4.74 Å². The molecule has 2 N–H and O–H groups in total. The minimum absolute atomic E-state index is 0.211. The van der Waals surface area contributed by atoms with Crippen molar-refractivity contribution in [1.82, 2.24) is 10.3 Å². The predicted molar refractivity (Wildman–Crippen MR) is 96.7 cm³/mol. The van der Waals surface area contributed by atoms with Crippen molar-refractivity contribution in [2.45, 2.75) is 12.8 Å². The van der Waals surface area contributed by atoms with Crippen molar-refractivity contribution in [2.24, 2.45) is 5.92 Å². The molecular weight excluding hydrogens is 334 g/mol. The molecule has 2 heterocycles. The molecule has 1 aromatic carbocycles. The maximum Gasteiger partial charge on any atom is 0.417 e. The summed E-state index contributed by atoms with van der Waals surface area (Å²) in [7, 11) is 0. The second-order valence-corrected chi connectivity index (χ2v) is 6.12. The van der Waals surface area contributed by atoms with E-state index in [1.165, 1.54) is 12.3 Å². The number of carbonyl (C=O) groups excluding carboxylic acids is 1. The molecule has 7 nitrogen and oxygen atoms in total. The first-order valence-corrected chi connectivity index (χ1v) is 8.55. The van der Waals surface area contributed by atoms with Crippen LogP contribution in [-0.4, -0.2) is 41.8 Å². The molecule has 1 aromatic heterocycles. The zero-order valence-corrected chi connectivity index (χ0v) is 14.3. The number of benzene rings is 1. The molecule has 2 amide bonds. The number of nitrogens with zero attached hydrogens (tertiary/aromatic N) is 2. The van der Waals surface area contributed by atoms with E-state index in [-0.39, 0.29) is 11.7 Å². The summed E-state index contributed by atoms with van der Waals surface area (Å²) in [6.45, 7) is 2.08. The lowest BCUT2D eigenvalue weighted by Crippen LogP contribution is -2.32. The number of nitrogens with one attached hydrogen (secondary N) is 1. The van der Waals surface area contributed by atoms with Gasteiger partial charge >= 0.3 is 6.09 Å². The summed E-state index contributed by atoms with van der Waals surface area (Å²) in [5, 5.41) is 12.4. The number of carbonyl (C=O) groups is 2. The number of hydrogen-bond donors (Lipinski definition) is 2. The minimum Gasteiger partial charge on any atom is -0.464 e. The molecule has 1 fully saturated rings. The molecular formula is C19H21N3O4. The molecule has 1 aliphatic heterocycles. The van der Waals surface area contributed by atoms with E-state index in [2.05, 4.69) is 10.3 Å². The average molecular weight is 355 g/mol. The van der Waals surface area contributed by atoms with Crippen molar-refractivity contribution in [2.75, 3.05) is 24.7 Å². The van der Waals surface area contributed by atoms with Gasteiger partial charge in [0.15, 0.2) is 0 Å². The molecule has 0 unspecified atom stereocenters. The van der Waals surface area contributed by atoms with Crippen molar-refractivity contribution >= 4 is 23.5 Å². The molecule has 3 rings (SSSR count). The van der Waals surface area contributed by atoms with E-state index in [1.807, 2.05) is 6.07 Å². The Kier molecular flexibility index (Phi) is 5.80. The van der Waals surface area contributed by atoms with E-state index < -0.39 is 6.09 Å². The van der Waals surface area contributed by atoms with Crippen molar-refractivity contribution in [1.29, 1.82) is 0 Å². The molecule has 0 aliphatic carbocycles. The lowest BCUT2D eigenvalue weighted by atomic mass is 10.0. The smallest absolute Gasteiger partial charge is 0.417 e. The highest BCUT2D eigenvalue weighted by Gasteiger charge is 2.19. The number of ether oxygens (including phenoxy) is 1. The van der Waals surface area contributed by atoms with Crippen LogP contribution < -0.4 is 10.2 Å². The molecule has 2 aromatic rings. The standard InChI is InChI=1S/C19H21N3O4/c23-18(21-12-14-8-10-26-11-9-14)15-6-7-17(20-13-15)22(19(24)25)16-4-2-1-3-5-16/h1-7,13-14H,8-12H2,(H,21,23)(H,24,25). The van der Waals surface area contributed by atoms with Crippen molar-refractivity contribution in [3.63, 3.8) is 0 Å². The largest absolute Gasteiger partial charge is 0.464 e. The van der Waals surface area contributed by atoms with Gasteiger partial charge in [-0.3, -0.25) is 4.79 Å². The Labute approximate surface area is 151 Å². The number of carboxylic acid groups (broad SMARTS) is 1. The number of anilines is 2. The molecule has 0 saturated carbocycles. The van der Waals surface area contributed by atoms with Crippen molar-refractivity contribution < 1.29 is 19.4 Å². The van der Waals surface area contributed by atoms with E-state index >= 15 is 0 Å². The molecule has 1 saturated heterocycles. The van der Waals surface area contributed by atoms with E-state index in [0.29, 0.717) is 23.7 Å². The van der Waals surface area contributed by atoms with Crippen molar-refractivity contribution in [3.8, 4) is 0 Å². The van der Waals surface area contributed by atoms with Crippen LogP contribution in [0.25, 0.3) is 0 Å². The van der Waals surface area contributed by atoms with Crippen LogP contribution in [0.15, 0.2) is 48.7 Å². The normalized spacial score (nSPS) is 14.6. The molecule has 0 spiro atoms. The third kappa shape index (κ3) is 4.37. The third-order valence-corrected chi connectivity index (χ3v) is 4.34. The van der Waals surface area contributed by atoms with Gasteiger partial charge in [-0.1, -0.05) is 18.2 Å². The van der Waals surface area contributed by atoms with E-state index in [4.69, 9.17) is 4.74 Å². The first-order valence-electron chi connectivity index (χ1n) is 8.55. The molecule has 1 aliphatic rings. The number of pyridine rings is 1. The van der Waals surface area contributed by atoms with Crippen LogP contribution >= 0.6 is 0 Å². The van der Waals surface area contributed by atoms with Gasteiger partial charge in [0.25, 0.3) is 5.91 Å². The van der Waals surface area contributed by atoms with Crippen LogP contribution in [0.1, 0.15) is 23.2 Å². The maximum absolute atomic E-state index is 12.3. The summed E-state index contributed by atoms with van der Waals surface area (Å²) in [4.78, 5) is 29.1. The van der Waals surface area contributed by atoms with Gasteiger partial charge in [-0.2, -0.15) is 0 Å². The average Bonchev–Trinajstić information content (AvgIpc) is 2.68. The SMILES string of the molecule is O=C(NCC1CCOCC1)c1ccc(N(C(=O)O)c2ccccc2)nc1. The fourth-order valence-electron chi connectivity index (χ4n) is 2.86. The third-order valence-electron chi connectivity index (χ3n) is 4.34. The zero-order valence-electron chi connectivity index (χ0n) is 14.3. The summed E-state index contributed by atoms with van der Waals surface area (Å²) in [5.41, 5.74) is 0.892. The summed E-state index contributed by atoms with van der Waals surface area (Å²) >= 11 is 0. The maximum atomic E-state index is 12.3. The van der Waals surface area contributed by atoms with Gasteiger partial charge in [0.05, 0.1) is 11.3 Å². The topological polar surface area (TPSA) is 91.8 Å². The second-order valence-electron chi connectivity index (χ2n) is 6.12. The molecule has 0 bridgehead atoms. The number of aromatic nitrogens is 1. The number of hydrogen-bond acceptors (Lipinski definition) is 4. The Hall–Kier alpha value is -2.93. The lowest BCUT2D eigenvalue weighted by molar-refractivity contribution is 0.0642. The highest BCUT2D eigenvalue weighted by atomic mass is 16.5. The van der Waals surface area contributed by atoms with E-state index in [0.717, 1.165) is 31.0 Å². The lowest BCUT2D eigenvalue weighted by Gasteiger charge is -2.22. The van der Waals surface area contributed by atoms with Gasteiger partial charge in [0, 0.05) is 26.0 Å². The van der Waals surface area contributed by atoms with Crippen LogP contribution in [0.3, 0.4) is 0 Å². The molecule has 0 atom stereocenters. The zero-order chi connectivity index (χ0) is 18.4. The Morgan fingerprint density at radius 1 is 1.15 bits per heavy atom. The quantitative estimate of drug-likeness (QED) is 0.860. The van der Waals surface area contributed by atoms with Crippen LogP contribution in [0.4, 0.5) is 16.3 Å². The van der Waals surface area contributed by atoms with Crippen LogP contribution in [0, 0.1) is 5.92 Å². The summed E-state index contributed by atoms with van der Waals surface area (Å²) in [5.74, 6) is 0.460. The van der Waals surface area contributed by atoms with Gasteiger partial charge in [0.2, 0.25) is 0 Å². The summed E-state index contributed by atoms with van der Waals surface area (Å²) < 4.78 is 5.31. The first-order chi connectivity index (χ1) is 12.6. The fourth-order valence-corrected chi connectivity index (χ4v) is 2.86. The van der Waals surface area contributed by atoms with E-state index in [1.54, 1.807) is 30.3 Å². The summed E-state index contributed by atoms with van der Waals surface area (Å²) in [6, 6.07) is 11.8. The van der Waals surface area contributed by atoms with Gasteiger partial charge < -0.3 is 15.2 Å². The summed E-state index contributed by atoms with van der Waals surface area (Å²) in [6.07, 6.45) is 2.15. The fraction of sp³-hybridized carbons (Fsp3) is 0.316. The Bertz CT molecular complexity index is 743. The monoisotopic (exact) mass is 355 g/mol. The highest BCUT2D eigenvalue weighted by molar-refractivity contribution is 5.96.